The van der Waals surface area contributed by atoms with Crippen molar-refractivity contribution in [2.75, 3.05) is 45.3 Å². The largest absolute Gasteiger partial charge is 0.493 e. The lowest BCUT2D eigenvalue weighted by Gasteiger charge is -2.22. The van der Waals surface area contributed by atoms with Gasteiger partial charge < -0.3 is 38.9 Å². The fourth-order valence-corrected chi connectivity index (χ4v) is 6.14. The first kappa shape index (κ1) is 42.3. The van der Waals surface area contributed by atoms with Crippen LogP contribution in [-0.4, -0.2) is 89.9 Å². The molecule has 4 heterocycles. The molecular formula is C40H52N7O7P. The summed E-state index contributed by atoms with van der Waals surface area (Å²) in [6, 6.07) is 3.33. The number of rotatable bonds is 16. The Morgan fingerprint density at radius 1 is 1.05 bits per heavy atom. The highest BCUT2D eigenvalue weighted by atomic mass is 31.0. The summed E-state index contributed by atoms with van der Waals surface area (Å²) in [6.07, 6.45) is 18.4. The predicted octanol–water partition coefficient (Wildman–Crippen LogP) is 4.97. The molecule has 2 unspecified atom stereocenters. The Labute approximate surface area is 325 Å². The van der Waals surface area contributed by atoms with Crippen LogP contribution in [0.15, 0.2) is 95.3 Å². The minimum absolute atomic E-state index is 0.0535. The molecule has 0 saturated carbocycles. The third-order valence-electron chi connectivity index (χ3n) is 8.94. The lowest BCUT2D eigenvalue weighted by Crippen LogP contribution is -2.37. The van der Waals surface area contributed by atoms with Crippen LogP contribution in [-0.2, 0) is 37.9 Å². The topological polar surface area (TPSA) is 158 Å². The van der Waals surface area contributed by atoms with Crippen LogP contribution in [0.5, 0.6) is 0 Å². The van der Waals surface area contributed by atoms with E-state index in [4.69, 9.17) is 14.2 Å². The zero-order valence-corrected chi connectivity index (χ0v) is 33.4. The van der Waals surface area contributed by atoms with Gasteiger partial charge in [-0.15, -0.1) is 0 Å². The molecule has 2 aromatic heterocycles. The van der Waals surface area contributed by atoms with Crippen molar-refractivity contribution in [1.29, 1.82) is 0 Å². The molecule has 0 radical (unpaired) electrons. The molecule has 2 aromatic rings. The molecule has 0 bridgehead atoms. The normalized spacial score (nSPS) is 19.2. The molecule has 1 fully saturated rings. The van der Waals surface area contributed by atoms with Crippen molar-refractivity contribution in [1.82, 2.24) is 24.4 Å². The second kappa shape index (κ2) is 20.8. The molecule has 2 aliphatic heterocycles. The zero-order chi connectivity index (χ0) is 39.9. The minimum atomic E-state index is -0.413. The quantitative estimate of drug-likeness (QED) is 0.0710. The van der Waals surface area contributed by atoms with E-state index in [-0.39, 0.29) is 43.4 Å². The summed E-state index contributed by atoms with van der Waals surface area (Å²) in [6.45, 7) is 9.66. The first-order valence-corrected chi connectivity index (χ1v) is 18.7. The summed E-state index contributed by atoms with van der Waals surface area (Å²) < 4.78 is 20.2. The van der Waals surface area contributed by atoms with E-state index in [1.54, 1.807) is 70.8 Å². The number of methoxy groups -OCH3 is 1. The molecule has 55 heavy (non-hydrogen) atoms. The molecule has 15 heteroatoms. The molecule has 4 rings (SSSR count). The van der Waals surface area contributed by atoms with Crippen molar-refractivity contribution in [3.63, 3.8) is 0 Å². The van der Waals surface area contributed by atoms with E-state index in [2.05, 4.69) is 36.7 Å². The number of aromatic nitrogens is 2. The maximum atomic E-state index is 13.3. The van der Waals surface area contributed by atoms with Gasteiger partial charge in [0.05, 0.1) is 32.0 Å². The number of carbonyl (C=O) groups is 4. The summed E-state index contributed by atoms with van der Waals surface area (Å²) in [5, 5.41) is 8.63. The monoisotopic (exact) mass is 773 g/mol. The van der Waals surface area contributed by atoms with E-state index in [0.717, 1.165) is 24.0 Å². The lowest BCUT2D eigenvalue weighted by molar-refractivity contribution is -0.126. The van der Waals surface area contributed by atoms with Crippen molar-refractivity contribution in [2.24, 2.45) is 19.1 Å². The summed E-state index contributed by atoms with van der Waals surface area (Å²) in [5.41, 5.74) is 3.78. The number of aliphatic imine (C=N–C) groups is 1. The van der Waals surface area contributed by atoms with Gasteiger partial charge in [0.15, 0.2) is 11.5 Å². The standard InChI is InChI=1S/C40H52N7O7P/c1-7-28(29-22-34(45(4)25-29)40(51)54-20-17-42-55)13-14-30(8-2)44-38(49)33-23-31(26-46(33)5)43-37(48)12-10-19-53-35-15-16-41-24-32-11-9-18-47(32)39(50)27(3)21-36(35)52-6/h7-8,13-15,21-26,32,42H,3,9-12,16-20,55H2,1-2,4-6H3,(H,43,48)(H,44,49)/b14-13-,28-7+,30-8+,35-15+,36-21+,41-24-. The number of esters is 1. The Kier molecular flexibility index (Phi) is 16.0. The second-order valence-electron chi connectivity index (χ2n) is 12.8. The summed E-state index contributed by atoms with van der Waals surface area (Å²) in [7, 11) is 7.37. The van der Waals surface area contributed by atoms with Crippen LogP contribution < -0.4 is 15.7 Å². The number of allylic oxidation sites excluding steroid dienone is 5. The van der Waals surface area contributed by atoms with Gasteiger partial charge in [-0.05, 0) is 74.6 Å². The highest BCUT2D eigenvalue weighted by Crippen LogP contribution is 2.23. The number of anilines is 1. The van der Waals surface area contributed by atoms with Crippen molar-refractivity contribution in [3.8, 4) is 0 Å². The molecule has 0 aliphatic carbocycles. The minimum Gasteiger partial charge on any atom is -0.493 e. The van der Waals surface area contributed by atoms with Crippen LogP contribution in [0.2, 0.25) is 0 Å². The van der Waals surface area contributed by atoms with Gasteiger partial charge in [-0.2, -0.15) is 0 Å². The zero-order valence-electron chi connectivity index (χ0n) is 32.2. The third-order valence-corrected chi connectivity index (χ3v) is 9.23. The van der Waals surface area contributed by atoms with E-state index >= 15 is 0 Å². The van der Waals surface area contributed by atoms with E-state index in [0.29, 0.717) is 65.9 Å². The van der Waals surface area contributed by atoms with Crippen LogP contribution >= 0.6 is 9.39 Å². The Bertz CT molecular complexity index is 1930. The van der Waals surface area contributed by atoms with E-state index < -0.39 is 5.97 Å². The van der Waals surface area contributed by atoms with Gasteiger partial charge in [-0.1, -0.05) is 34.2 Å². The molecule has 2 atom stereocenters. The Hall–Kier alpha value is -5.46. The van der Waals surface area contributed by atoms with Crippen LogP contribution in [0, 0.1) is 0 Å². The van der Waals surface area contributed by atoms with E-state index in [1.807, 2.05) is 38.4 Å². The molecule has 3 N–H and O–H groups in total. The fourth-order valence-electron chi connectivity index (χ4n) is 6.03. The molecule has 2 aliphatic rings. The number of ether oxygens (including phenoxy) is 3. The number of aryl methyl sites for hydroxylation is 2. The van der Waals surface area contributed by atoms with E-state index in [9.17, 15) is 19.2 Å². The highest BCUT2D eigenvalue weighted by Gasteiger charge is 2.29. The maximum absolute atomic E-state index is 13.3. The van der Waals surface area contributed by atoms with Gasteiger partial charge in [0.25, 0.3) is 11.8 Å². The summed E-state index contributed by atoms with van der Waals surface area (Å²) in [5.74, 6) is -0.405. The maximum Gasteiger partial charge on any atom is 0.355 e. The lowest BCUT2D eigenvalue weighted by atomic mass is 10.1. The van der Waals surface area contributed by atoms with Gasteiger partial charge in [0.1, 0.15) is 18.0 Å². The highest BCUT2D eigenvalue weighted by molar-refractivity contribution is 7.13. The molecule has 14 nitrogen and oxygen atoms in total. The Morgan fingerprint density at radius 2 is 1.84 bits per heavy atom. The van der Waals surface area contributed by atoms with Gasteiger partial charge in [0, 0.05) is 63.5 Å². The van der Waals surface area contributed by atoms with Crippen molar-refractivity contribution in [3.05, 3.63) is 107 Å². The number of nitrogens with one attached hydrogen (secondary N) is 3. The Balaban J connectivity index is 1.30. The predicted molar refractivity (Wildman–Crippen MR) is 217 cm³/mol. The van der Waals surface area contributed by atoms with Crippen LogP contribution in [0.1, 0.15) is 66.1 Å². The number of fused-ring (bicyclic) bond motifs is 1. The average molecular weight is 774 g/mol. The smallest absolute Gasteiger partial charge is 0.355 e. The van der Waals surface area contributed by atoms with Crippen molar-refractivity contribution in [2.45, 2.75) is 45.6 Å². The second-order valence-corrected chi connectivity index (χ2v) is 13.3. The Morgan fingerprint density at radius 3 is 2.56 bits per heavy atom. The third kappa shape index (κ3) is 11.8. The molecule has 0 spiro atoms. The summed E-state index contributed by atoms with van der Waals surface area (Å²) in [4.78, 5) is 57.9. The average Bonchev–Trinajstić information content (AvgIpc) is 3.90. The van der Waals surface area contributed by atoms with Crippen molar-refractivity contribution >= 4 is 50.6 Å². The molecule has 294 valence electrons. The SMILES string of the molecule is C=C1/C=C(OC)\C(OCCCC(=O)Nc2cc(C(=O)NC(/C=C\C(=C/C)c3cc(C(=O)OCCNP)n(C)c3)=C/C)n(C)c2)=C/C/N=C\C2CCCN2C1=O. The first-order chi connectivity index (χ1) is 26.5. The van der Waals surface area contributed by atoms with E-state index in [1.165, 1.54) is 7.11 Å². The molecule has 0 aromatic carbocycles. The number of amides is 3. The van der Waals surface area contributed by atoms with Gasteiger partial charge in [0.2, 0.25) is 5.91 Å². The number of nitrogens with zero attached hydrogens (tertiary/aromatic N) is 4. The number of hydrogen-bond donors (Lipinski definition) is 3. The van der Waals surface area contributed by atoms with Gasteiger partial charge in [-0.3, -0.25) is 24.5 Å². The van der Waals surface area contributed by atoms with Crippen LogP contribution in [0.4, 0.5) is 5.69 Å². The molecular weight excluding hydrogens is 721 g/mol. The summed E-state index contributed by atoms with van der Waals surface area (Å²) >= 11 is 0. The van der Waals surface area contributed by atoms with Crippen LogP contribution in [0.25, 0.3) is 5.57 Å². The fraction of sp³-hybridized carbons (Fsp3) is 0.375. The first-order valence-electron chi connectivity index (χ1n) is 18.1. The number of hydrogen-bond acceptors (Lipinski definition) is 9. The molecule has 1 saturated heterocycles. The van der Waals surface area contributed by atoms with Crippen LogP contribution in [0.3, 0.4) is 0 Å². The number of carbonyl (C=O) groups excluding carboxylic acids is 4. The van der Waals surface area contributed by atoms with Gasteiger partial charge in [-0.25, -0.2) is 4.79 Å². The molecule has 3 amide bonds. The van der Waals surface area contributed by atoms with Gasteiger partial charge >= 0.3 is 5.97 Å². The van der Waals surface area contributed by atoms with Crippen molar-refractivity contribution < 1.29 is 33.4 Å².